The van der Waals surface area contributed by atoms with E-state index in [-0.39, 0.29) is 17.4 Å². The summed E-state index contributed by atoms with van der Waals surface area (Å²) in [5, 5.41) is 11.6. The molecule has 0 amide bonds. The Morgan fingerprint density at radius 3 is 2.57 bits per heavy atom. The number of nitro benzene ring substituents is 1. The molecule has 0 aromatic heterocycles. The first-order valence-electron chi connectivity index (χ1n) is 9.76. The van der Waals surface area contributed by atoms with Crippen LogP contribution in [-0.2, 0) is 13.0 Å². The summed E-state index contributed by atoms with van der Waals surface area (Å²) in [6.45, 7) is 0.605. The number of benzene rings is 3. The van der Waals surface area contributed by atoms with E-state index in [2.05, 4.69) is 6.07 Å². The number of rotatable bonds is 5. The van der Waals surface area contributed by atoms with Crippen LogP contribution in [0.15, 0.2) is 60.7 Å². The predicted molar refractivity (Wildman–Crippen MR) is 113 cm³/mol. The molecule has 0 fully saturated rings. The molecule has 0 saturated carbocycles. The van der Waals surface area contributed by atoms with Crippen molar-refractivity contribution in [3.63, 3.8) is 0 Å². The number of hydrogen-bond acceptors (Lipinski definition) is 5. The van der Waals surface area contributed by atoms with Gasteiger partial charge in [-0.25, -0.2) is 0 Å². The Morgan fingerprint density at radius 1 is 0.967 bits per heavy atom. The quantitative estimate of drug-likeness (QED) is 0.423. The third-order valence-corrected chi connectivity index (χ3v) is 5.39. The average Bonchev–Trinajstić information content (AvgIpc) is 3.24. The van der Waals surface area contributed by atoms with E-state index in [9.17, 15) is 10.1 Å². The monoisotopic (exact) mass is 401 g/mol. The number of fused-ring (bicyclic) bond motifs is 2. The minimum absolute atomic E-state index is 0.0387. The summed E-state index contributed by atoms with van der Waals surface area (Å²) in [6, 6.07) is 19.2. The maximum absolute atomic E-state index is 11.6. The first-order chi connectivity index (χ1) is 14.7. The van der Waals surface area contributed by atoms with Crippen molar-refractivity contribution in [3.8, 4) is 17.2 Å². The van der Waals surface area contributed by atoms with Crippen LogP contribution in [0.25, 0.3) is 11.6 Å². The Labute approximate surface area is 173 Å². The van der Waals surface area contributed by atoms with Crippen LogP contribution in [-0.4, -0.2) is 11.7 Å². The molecule has 6 nitrogen and oxygen atoms in total. The van der Waals surface area contributed by atoms with Crippen LogP contribution in [0.3, 0.4) is 0 Å². The molecule has 1 heterocycles. The second-order valence-corrected chi connectivity index (χ2v) is 7.28. The van der Waals surface area contributed by atoms with Gasteiger partial charge in [-0.05, 0) is 53.3 Å². The molecule has 1 aliphatic heterocycles. The van der Waals surface area contributed by atoms with Gasteiger partial charge in [0.15, 0.2) is 11.5 Å². The van der Waals surface area contributed by atoms with Gasteiger partial charge in [0.05, 0.1) is 16.6 Å². The highest BCUT2D eigenvalue weighted by atomic mass is 16.7. The molecule has 3 aromatic carbocycles. The molecular formula is C24H19NO5. The molecule has 0 atom stereocenters. The number of hydrogen-bond donors (Lipinski definition) is 0. The van der Waals surface area contributed by atoms with Crippen LogP contribution in [0.4, 0.5) is 5.69 Å². The lowest BCUT2D eigenvalue weighted by Crippen LogP contribution is -2.03. The Kier molecular flexibility index (Phi) is 4.59. The lowest BCUT2D eigenvalue weighted by Gasteiger charge is -2.18. The van der Waals surface area contributed by atoms with Crippen LogP contribution in [0.2, 0.25) is 0 Å². The van der Waals surface area contributed by atoms with Gasteiger partial charge in [-0.2, -0.15) is 0 Å². The second kappa shape index (κ2) is 7.55. The van der Waals surface area contributed by atoms with E-state index >= 15 is 0 Å². The van der Waals surface area contributed by atoms with Gasteiger partial charge in [0.1, 0.15) is 12.4 Å². The molecule has 6 heteroatoms. The van der Waals surface area contributed by atoms with Crippen LogP contribution in [0.5, 0.6) is 17.2 Å². The highest BCUT2D eigenvalue weighted by Gasteiger charge is 2.26. The summed E-state index contributed by atoms with van der Waals surface area (Å²) in [6.07, 6.45) is 3.51. The fourth-order valence-electron chi connectivity index (χ4n) is 3.85. The molecular weight excluding hydrogens is 382 g/mol. The highest BCUT2D eigenvalue weighted by Crippen LogP contribution is 2.43. The van der Waals surface area contributed by atoms with Crippen LogP contribution in [0.1, 0.15) is 28.7 Å². The molecule has 0 spiro atoms. The maximum Gasteiger partial charge on any atom is 0.280 e. The van der Waals surface area contributed by atoms with Crippen molar-refractivity contribution in [3.05, 3.63) is 93.0 Å². The molecule has 2 aliphatic rings. The Bertz CT molecular complexity index is 1150. The van der Waals surface area contributed by atoms with E-state index in [4.69, 9.17) is 14.2 Å². The first kappa shape index (κ1) is 18.2. The van der Waals surface area contributed by atoms with Gasteiger partial charge in [0, 0.05) is 0 Å². The lowest BCUT2D eigenvalue weighted by atomic mass is 9.88. The van der Waals surface area contributed by atoms with Crippen molar-refractivity contribution < 1.29 is 19.1 Å². The predicted octanol–water partition coefficient (Wildman–Crippen LogP) is 5.39. The number of allylic oxidation sites excluding steroid dienone is 1. The van der Waals surface area contributed by atoms with E-state index in [1.807, 2.05) is 48.5 Å². The van der Waals surface area contributed by atoms with Gasteiger partial charge in [-0.15, -0.1) is 0 Å². The minimum atomic E-state index is -0.367. The summed E-state index contributed by atoms with van der Waals surface area (Å²) in [4.78, 5) is 11.2. The first-order valence-corrected chi connectivity index (χ1v) is 9.76. The Hall–Kier alpha value is -3.80. The smallest absolute Gasteiger partial charge is 0.280 e. The van der Waals surface area contributed by atoms with E-state index in [1.54, 1.807) is 6.07 Å². The zero-order valence-electron chi connectivity index (χ0n) is 16.2. The van der Waals surface area contributed by atoms with E-state index in [1.165, 1.54) is 11.6 Å². The zero-order chi connectivity index (χ0) is 20.5. The van der Waals surface area contributed by atoms with Gasteiger partial charge in [0.25, 0.3) is 5.69 Å². The van der Waals surface area contributed by atoms with Gasteiger partial charge in [-0.1, -0.05) is 42.5 Å². The van der Waals surface area contributed by atoms with Crippen molar-refractivity contribution in [2.24, 2.45) is 0 Å². The summed E-state index contributed by atoms with van der Waals surface area (Å²) in [7, 11) is 0. The van der Waals surface area contributed by atoms with Gasteiger partial charge < -0.3 is 14.2 Å². The fourth-order valence-corrected chi connectivity index (χ4v) is 3.85. The van der Waals surface area contributed by atoms with Crippen molar-refractivity contribution in [2.45, 2.75) is 19.4 Å². The molecule has 5 rings (SSSR count). The second-order valence-electron chi connectivity index (χ2n) is 7.28. The standard InChI is InChI=1S/C24H19NO5/c26-25(27)22-13-24-23(29-15-30-24)12-21(22)19-7-6-18-11-20(9-8-17(18)10-19)28-14-16-4-2-1-3-5-16/h1-5,8-13H,6-7,14-15H2. The largest absolute Gasteiger partial charge is 0.489 e. The molecule has 150 valence electrons. The van der Waals surface area contributed by atoms with Crippen molar-refractivity contribution in [2.75, 3.05) is 6.79 Å². The Morgan fingerprint density at radius 2 is 1.77 bits per heavy atom. The van der Waals surface area contributed by atoms with Gasteiger partial charge in [0.2, 0.25) is 6.79 Å². The third-order valence-electron chi connectivity index (χ3n) is 5.39. The number of aryl methyl sites for hydroxylation is 1. The van der Waals surface area contributed by atoms with E-state index < -0.39 is 0 Å². The van der Waals surface area contributed by atoms with E-state index in [0.717, 1.165) is 28.9 Å². The van der Waals surface area contributed by atoms with Crippen molar-refractivity contribution in [1.29, 1.82) is 0 Å². The maximum atomic E-state index is 11.6. The molecule has 0 unspecified atom stereocenters. The zero-order valence-corrected chi connectivity index (χ0v) is 16.2. The van der Waals surface area contributed by atoms with Crippen LogP contribution < -0.4 is 14.2 Å². The topological polar surface area (TPSA) is 70.8 Å². The third kappa shape index (κ3) is 3.48. The highest BCUT2D eigenvalue weighted by molar-refractivity contribution is 5.88. The van der Waals surface area contributed by atoms with E-state index in [0.29, 0.717) is 30.1 Å². The molecule has 0 radical (unpaired) electrons. The summed E-state index contributed by atoms with van der Waals surface area (Å²) in [5.41, 5.74) is 4.89. The SMILES string of the molecule is O=[N+]([O-])c1cc2c(cc1C1=Cc3ccc(OCc4ccccc4)cc3CC1)OCO2. The van der Waals surface area contributed by atoms with Crippen LogP contribution >= 0.6 is 0 Å². The summed E-state index contributed by atoms with van der Waals surface area (Å²) >= 11 is 0. The molecule has 1 aliphatic carbocycles. The summed E-state index contributed by atoms with van der Waals surface area (Å²) in [5.74, 6) is 1.79. The van der Waals surface area contributed by atoms with Gasteiger partial charge in [-0.3, -0.25) is 10.1 Å². The Balaban J connectivity index is 1.42. The number of nitrogens with zero attached hydrogens (tertiary/aromatic N) is 1. The fraction of sp³-hybridized carbons (Fsp3) is 0.167. The molecule has 30 heavy (non-hydrogen) atoms. The molecule has 0 bridgehead atoms. The molecule has 0 N–H and O–H groups in total. The van der Waals surface area contributed by atoms with Crippen LogP contribution in [0, 0.1) is 10.1 Å². The average molecular weight is 401 g/mol. The minimum Gasteiger partial charge on any atom is -0.489 e. The molecule has 0 saturated heterocycles. The van der Waals surface area contributed by atoms with Crippen molar-refractivity contribution >= 4 is 17.3 Å². The number of nitro groups is 1. The number of ether oxygens (including phenoxy) is 3. The summed E-state index contributed by atoms with van der Waals surface area (Å²) < 4.78 is 16.7. The van der Waals surface area contributed by atoms with Crippen molar-refractivity contribution in [1.82, 2.24) is 0 Å². The molecule has 3 aromatic rings. The van der Waals surface area contributed by atoms with Gasteiger partial charge >= 0.3 is 0 Å². The normalized spacial score (nSPS) is 14.1. The lowest BCUT2D eigenvalue weighted by molar-refractivity contribution is -0.385.